The Hall–Kier alpha value is -3.56. The summed E-state index contributed by atoms with van der Waals surface area (Å²) in [4.78, 5) is 23.4. The highest BCUT2D eigenvalue weighted by atomic mass is 35.5. The molecule has 0 bridgehead atoms. The third-order valence-corrected chi connectivity index (χ3v) is 5.88. The molecule has 160 valence electrons. The van der Waals surface area contributed by atoms with Crippen molar-refractivity contribution in [2.75, 3.05) is 15.4 Å². The maximum absolute atomic E-state index is 12.8. The molecule has 10 heteroatoms. The molecule has 0 aliphatic heterocycles. The van der Waals surface area contributed by atoms with Crippen molar-refractivity contribution in [2.45, 2.75) is 11.8 Å². The second kappa shape index (κ2) is 9.07. The van der Waals surface area contributed by atoms with Crippen LogP contribution in [0.5, 0.6) is 0 Å². The molecule has 3 rings (SSSR count). The lowest BCUT2D eigenvalue weighted by molar-refractivity contribution is 0.102. The number of rotatable bonds is 6. The zero-order chi connectivity index (χ0) is 22.6. The van der Waals surface area contributed by atoms with Gasteiger partial charge in [-0.1, -0.05) is 23.7 Å². The summed E-state index contributed by atoms with van der Waals surface area (Å²) in [5.41, 5.74) is 7.23. The molecule has 0 aliphatic carbocycles. The number of benzene rings is 3. The number of halogens is 1. The molecule has 0 atom stereocenters. The average Bonchev–Trinajstić information content (AvgIpc) is 2.69. The third kappa shape index (κ3) is 5.74. The topological polar surface area (TPSA) is 130 Å². The van der Waals surface area contributed by atoms with Crippen molar-refractivity contribution in [1.82, 2.24) is 0 Å². The summed E-state index contributed by atoms with van der Waals surface area (Å²) in [6.07, 6.45) is 0. The highest BCUT2D eigenvalue weighted by Crippen LogP contribution is 2.24. The van der Waals surface area contributed by atoms with E-state index >= 15 is 0 Å². The van der Waals surface area contributed by atoms with Gasteiger partial charge in [-0.15, -0.1) is 0 Å². The molecule has 3 aromatic carbocycles. The molecule has 31 heavy (non-hydrogen) atoms. The van der Waals surface area contributed by atoms with Crippen LogP contribution in [0, 0.1) is 6.92 Å². The monoisotopic (exact) mass is 458 g/mol. The zero-order valence-electron chi connectivity index (χ0n) is 16.3. The molecule has 0 unspecified atom stereocenters. The third-order valence-electron chi connectivity index (χ3n) is 4.17. The van der Waals surface area contributed by atoms with Crippen molar-refractivity contribution >= 4 is 50.6 Å². The minimum atomic E-state index is -3.93. The van der Waals surface area contributed by atoms with Gasteiger partial charge < -0.3 is 16.4 Å². The number of urea groups is 1. The maximum atomic E-state index is 12.8. The van der Waals surface area contributed by atoms with Crippen LogP contribution in [-0.2, 0) is 10.0 Å². The Labute approximate surface area is 184 Å². The lowest BCUT2D eigenvalue weighted by Crippen LogP contribution is -2.19. The van der Waals surface area contributed by atoms with E-state index < -0.39 is 22.0 Å². The van der Waals surface area contributed by atoms with Gasteiger partial charge in [0, 0.05) is 17.1 Å². The predicted octanol–water partition coefficient (Wildman–Crippen LogP) is 4.19. The lowest BCUT2D eigenvalue weighted by Gasteiger charge is -2.12. The Kier molecular flexibility index (Phi) is 6.47. The maximum Gasteiger partial charge on any atom is 0.316 e. The van der Waals surface area contributed by atoms with E-state index in [1.54, 1.807) is 42.5 Å². The quantitative estimate of drug-likeness (QED) is 0.441. The molecule has 0 radical (unpaired) electrons. The van der Waals surface area contributed by atoms with Crippen molar-refractivity contribution in [3.8, 4) is 0 Å². The number of nitrogens with two attached hydrogens (primary N) is 1. The largest absolute Gasteiger partial charge is 0.351 e. The molecule has 0 heterocycles. The lowest BCUT2D eigenvalue weighted by atomic mass is 10.2. The summed E-state index contributed by atoms with van der Waals surface area (Å²) in [7, 11) is -3.93. The van der Waals surface area contributed by atoms with Crippen LogP contribution in [-0.4, -0.2) is 20.4 Å². The van der Waals surface area contributed by atoms with Gasteiger partial charge in [-0.25, -0.2) is 13.2 Å². The number of sulfonamides is 1. The van der Waals surface area contributed by atoms with Gasteiger partial charge in [0.05, 0.1) is 15.5 Å². The SMILES string of the molecule is Cc1cccc(NS(=O)(=O)c2ccc(Cl)c(C(=O)Nc3ccc(NC(N)=O)cc3)c2)c1. The Balaban J connectivity index is 1.81. The van der Waals surface area contributed by atoms with E-state index in [1.165, 1.54) is 18.2 Å². The zero-order valence-corrected chi connectivity index (χ0v) is 17.9. The number of nitrogens with one attached hydrogen (secondary N) is 3. The van der Waals surface area contributed by atoms with Gasteiger partial charge in [0.2, 0.25) is 0 Å². The molecular weight excluding hydrogens is 440 g/mol. The van der Waals surface area contributed by atoms with Crippen LogP contribution in [0.3, 0.4) is 0 Å². The Morgan fingerprint density at radius 3 is 2.13 bits per heavy atom. The van der Waals surface area contributed by atoms with Crippen LogP contribution in [0.4, 0.5) is 21.9 Å². The van der Waals surface area contributed by atoms with Crippen molar-refractivity contribution in [2.24, 2.45) is 5.73 Å². The van der Waals surface area contributed by atoms with Gasteiger partial charge in [-0.05, 0) is 67.1 Å². The minimum Gasteiger partial charge on any atom is -0.351 e. The summed E-state index contributed by atoms with van der Waals surface area (Å²) < 4.78 is 28.0. The van der Waals surface area contributed by atoms with Gasteiger partial charge >= 0.3 is 6.03 Å². The van der Waals surface area contributed by atoms with Crippen molar-refractivity contribution < 1.29 is 18.0 Å². The van der Waals surface area contributed by atoms with Crippen LogP contribution in [0.1, 0.15) is 15.9 Å². The number of hydrogen-bond acceptors (Lipinski definition) is 4. The van der Waals surface area contributed by atoms with E-state index in [2.05, 4.69) is 15.4 Å². The first-order valence-electron chi connectivity index (χ1n) is 9.01. The molecule has 3 aromatic rings. The van der Waals surface area contributed by atoms with E-state index in [4.69, 9.17) is 17.3 Å². The second-order valence-electron chi connectivity index (χ2n) is 6.64. The Bertz CT molecular complexity index is 1240. The molecule has 0 aliphatic rings. The average molecular weight is 459 g/mol. The number of amides is 3. The number of carbonyl (C=O) groups excluding carboxylic acids is 2. The predicted molar refractivity (Wildman–Crippen MR) is 121 cm³/mol. The molecule has 0 spiro atoms. The van der Waals surface area contributed by atoms with Gasteiger partial charge in [0.15, 0.2) is 0 Å². The van der Waals surface area contributed by atoms with Crippen molar-refractivity contribution in [3.05, 3.63) is 82.9 Å². The molecule has 3 amide bonds. The van der Waals surface area contributed by atoms with Gasteiger partial charge in [0.1, 0.15) is 0 Å². The second-order valence-corrected chi connectivity index (χ2v) is 8.73. The number of carbonyl (C=O) groups is 2. The molecule has 8 nitrogen and oxygen atoms in total. The van der Waals surface area contributed by atoms with Gasteiger partial charge in [-0.3, -0.25) is 9.52 Å². The molecule has 0 aromatic heterocycles. The number of hydrogen-bond donors (Lipinski definition) is 4. The molecule has 0 saturated carbocycles. The fourth-order valence-corrected chi connectivity index (χ4v) is 4.02. The smallest absolute Gasteiger partial charge is 0.316 e. The Morgan fingerprint density at radius 2 is 1.52 bits per heavy atom. The summed E-state index contributed by atoms with van der Waals surface area (Å²) in [5.74, 6) is -0.590. The standard InChI is InChI=1S/C21H19ClN4O4S/c1-13-3-2-4-16(11-13)26-31(29,30)17-9-10-19(22)18(12-17)20(27)24-14-5-7-15(8-6-14)25-21(23)28/h2-12,26H,1H3,(H,24,27)(H3,23,25,28). The number of aryl methyl sites for hydroxylation is 1. The first-order valence-corrected chi connectivity index (χ1v) is 10.9. The first-order chi connectivity index (χ1) is 14.6. The van der Waals surface area contributed by atoms with E-state index in [0.717, 1.165) is 5.56 Å². The molecular formula is C21H19ClN4O4S. The van der Waals surface area contributed by atoms with Crippen molar-refractivity contribution in [1.29, 1.82) is 0 Å². The van der Waals surface area contributed by atoms with Gasteiger partial charge in [-0.2, -0.15) is 0 Å². The van der Waals surface area contributed by atoms with Crippen LogP contribution in [0.15, 0.2) is 71.6 Å². The van der Waals surface area contributed by atoms with Crippen molar-refractivity contribution in [3.63, 3.8) is 0 Å². The van der Waals surface area contributed by atoms with E-state index in [9.17, 15) is 18.0 Å². The summed E-state index contributed by atoms with van der Waals surface area (Å²) in [5, 5.41) is 5.13. The van der Waals surface area contributed by atoms with E-state index in [1.807, 2.05) is 13.0 Å². The highest BCUT2D eigenvalue weighted by molar-refractivity contribution is 7.92. The van der Waals surface area contributed by atoms with Crippen LogP contribution < -0.4 is 21.1 Å². The Morgan fingerprint density at radius 1 is 0.871 bits per heavy atom. The highest BCUT2D eigenvalue weighted by Gasteiger charge is 2.19. The first kappa shape index (κ1) is 22.1. The molecule has 0 fully saturated rings. The number of anilines is 3. The summed E-state index contributed by atoms with van der Waals surface area (Å²) in [6.45, 7) is 1.85. The van der Waals surface area contributed by atoms with E-state index in [0.29, 0.717) is 17.1 Å². The van der Waals surface area contributed by atoms with Crippen LogP contribution in [0.2, 0.25) is 5.02 Å². The summed E-state index contributed by atoms with van der Waals surface area (Å²) in [6, 6.07) is 16.3. The van der Waals surface area contributed by atoms with Crippen LogP contribution in [0.25, 0.3) is 0 Å². The fourth-order valence-electron chi connectivity index (χ4n) is 2.75. The summed E-state index contributed by atoms with van der Waals surface area (Å²) >= 11 is 6.13. The fraction of sp³-hybridized carbons (Fsp3) is 0.0476. The molecule has 5 N–H and O–H groups in total. The normalized spacial score (nSPS) is 10.9. The van der Waals surface area contributed by atoms with Crippen LogP contribution >= 0.6 is 11.6 Å². The van der Waals surface area contributed by atoms with Gasteiger partial charge in [0.25, 0.3) is 15.9 Å². The molecule has 0 saturated heterocycles. The van der Waals surface area contributed by atoms with E-state index in [-0.39, 0.29) is 15.5 Å². The number of primary amides is 1. The minimum absolute atomic E-state index is 0.00637.